The average Bonchev–Trinajstić information content (AvgIpc) is 3.42. The highest BCUT2D eigenvalue weighted by Gasteiger charge is 2.30. The van der Waals surface area contributed by atoms with E-state index in [1.54, 1.807) is 0 Å². The lowest BCUT2D eigenvalue weighted by Gasteiger charge is -2.43. The summed E-state index contributed by atoms with van der Waals surface area (Å²) in [6.45, 7) is 12.0. The standard InChI is InChI=1S/C20H32N4/c1-17(22-11-9-21(2)10-12-22)15-23-13-14-24(16-18-7-8-18)20-6-4-3-5-19(20)23/h3-6,17-18H,7-16H2,1-2H3. The van der Waals surface area contributed by atoms with Crippen LogP contribution in [0.5, 0.6) is 0 Å². The topological polar surface area (TPSA) is 13.0 Å². The van der Waals surface area contributed by atoms with Crippen molar-refractivity contribution in [3.63, 3.8) is 0 Å². The molecule has 132 valence electrons. The Balaban J connectivity index is 1.43. The third-order valence-corrected chi connectivity index (χ3v) is 6.02. The van der Waals surface area contributed by atoms with Crippen LogP contribution < -0.4 is 9.80 Å². The number of hydrogen-bond acceptors (Lipinski definition) is 4. The molecule has 1 aliphatic carbocycles. The van der Waals surface area contributed by atoms with Crippen LogP contribution in [-0.2, 0) is 0 Å². The summed E-state index contributed by atoms with van der Waals surface area (Å²) in [4.78, 5) is 10.4. The molecule has 1 saturated carbocycles. The Morgan fingerprint density at radius 1 is 0.917 bits per heavy atom. The van der Waals surface area contributed by atoms with E-state index in [-0.39, 0.29) is 0 Å². The molecule has 4 nitrogen and oxygen atoms in total. The second-order valence-electron chi connectivity index (χ2n) is 8.01. The molecule has 2 heterocycles. The van der Waals surface area contributed by atoms with Crippen LogP contribution in [0.25, 0.3) is 0 Å². The normalized spacial score (nSPS) is 24.1. The van der Waals surface area contributed by atoms with Gasteiger partial charge in [-0.25, -0.2) is 0 Å². The van der Waals surface area contributed by atoms with Gasteiger partial charge in [-0.1, -0.05) is 12.1 Å². The molecule has 1 saturated heterocycles. The minimum absolute atomic E-state index is 0.627. The quantitative estimate of drug-likeness (QED) is 0.822. The first-order valence-corrected chi connectivity index (χ1v) is 9.72. The summed E-state index contributed by atoms with van der Waals surface area (Å²) >= 11 is 0. The molecule has 24 heavy (non-hydrogen) atoms. The zero-order valence-corrected chi connectivity index (χ0v) is 15.3. The van der Waals surface area contributed by atoms with Crippen molar-refractivity contribution < 1.29 is 0 Å². The molecule has 1 unspecified atom stereocenters. The molecule has 1 atom stereocenters. The SMILES string of the molecule is CC(CN1CCN(CC2CC2)c2ccccc21)N1CCN(C)CC1. The lowest BCUT2D eigenvalue weighted by molar-refractivity contribution is 0.121. The molecular formula is C20H32N4. The van der Waals surface area contributed by atoms with E-state index in [1.165, 1.54) is 70.0 Å². The monoisotopic (exact) mass is 328 g/mol. The Morgan fingerprint density at radius 2 is 1.54 bits per heavy atom. The van der Waals surface area contributed by atoms with Crippen LogP contribution in [0.3, 0.4) is 0 Å². The number of anilines is 2. The second kappa shape index (κ2) is 6.93. The molecule has 0 N–H and O–H groups in total. The molecule has 0 bridgehead atoms. The third kappa shape index (κ3) is 3.55. The van der Waals surface area contributed by atoms with Gasteiger partial charge in [0.2, 0.25) is 0 Å². The van der Waals surface area contributed by atoms with E-state index >= 15 is 0 Å². The van der Waals surface area contributed by atoms with Gasteiger partial charge < -0.3 is 14.7 Å². The molecular weight excluding hydrogens is 296 g/mol. The van der Waals surface area contributed by atoms with Crippen LogP contribution in [0.4, 0.5) is 11.4 Å². The van der Waals surface area contributed by atoms with E-state index in [1.807, 2.05) is 0 Å². The largest absolute Gasteiger partial charge is 0.368 e. The number of piperazine rings is 1. The van der Waals surface area contributed by atoms with Gasteiger partial charge in [-0.15, -0.1) is 0 Å². The van der Waals surface area contributed by atoms with Crippen molar-refractivity contribution >= 4 is 11.4 Å². The number of para-hydroxylation sites is 2. The molecule has 0 amide bonds. The zero-order valence-electron chi connectivity index (χ0n) is 15.3. The lowest BCUT2D eigenvalue weighted by atomic mass is 10.1. The number of fused-ring (bicyclic) bond motifs is 1. The first-order valence-electron chi connectivity index (χ1n) is 9.72. The lowest BCUT2D eigenvalue weighted by Crippen LogP contribution is -2.53. The number of nitrogens with zero attached hydrogens (tertiary/aromatic N) is 4. The minimum Gasteiger partial charge on any atom is -0.368 e. The molecule has 0 spiro atoms. The summed E-state index contributed by atoms with van der Waals surface area (Å²) in [6.07, 6.45) is 2.87. The molecule has 1 aromatic rings. The van der Waals surface area contributed by atoms with Crippen LogP contribution in [0.1, 0.15) is 19.8 Å². The minimum atomic E-state index is 0.627. The van der Waals surface area contributed by atoms with E-state index < -0.39 is 0 Å². The Bertz CT molecular complexity index is 548. The van der Waals surface area contributed by atoms with Gasteiger partial charge in [0.1, 0.15) is 0 Å². The Labute approximate surface area is 147 Å². The van der Waals surface area contributed by atoms with Crippen LogP contribution in [0, 0.1) is 5.92 Å². The zero-order chi connectivity index (χ0) is 16.5. The summed E-state index contributed by atoms with van der Waals surface area (Å²) in [7, 11) is 2.23. The van der Waals surface area contributed by atoms with E-state index in [0.717, 1.165) is 12.5 Å². The summed E-state index contributed by atoms with van der Waals surface area (Å²) in [5.41, 5.74) is 2.91. The summed E-state index contributed by atoms with van der Waals surface area (Å²) in [6, 6.07) is 9.68. The van der Waals surface area contributed by atoms with Gasteiger partial charge in [-0.05, 0) is 44.9 Å². The fourth-order valence-electron chi connectivity index (χ4n) is 4.17. The third-order valence-electron chi connectivity index (χ3n) is 6.02. The van der Waals surface area contributed by atoms with Gasteiger partial charge in [0.25, 0.3) is 0 Å². The highest BCUT2D eigenvalue weighted by molar-refractivity contribution is 5.73. The number of likely N-dealkylation sites (N-methyl/N-ethyl adjacent to an activating group) is 1. The maximum atomic E-state index is 2.67. The Kier molecular flexibility index (Phi) is 4.68. The molecule has 0 radical (unpaired) electrons. The van der Waals surface area contributed by atoms with Crippen LogP contribution >= 0.6 is 0 Å². The Morgan fingerprint density at radius 3 is 2.21 bits per heavy atom. The van der Waals surface area contributed by atoms with Crippen LogP contribution in [0.15, 0.2) is 24.3 Å². The van der Waals surface area contributed by atoms with Gasteiger partial charge in [-0.2, -0.15) is 0 Å². The van der Waals surface area contributed by atoms with Gasteiger partial charge >= 0.3 is 0 Å². The number of rotatable bonds is 5. The summed E-state index contributed by atoms with van der Waals surface area (Å²) in [5, 5.41) is 0. The van der Waals surface area contributed by atoms with E-state index in [9.17, 15) is 0 Å². The van der Waals surface area contributed by atoms with Crippen molar-refractivity contribution in [3.05, 3.63) is 24.3 Å². The van der Waals surface area contributed by atoms with Gasteiger partial charge in [0.15, 0.2) is 0 Å². The first kappa shape index (κ1) is 16.2. The highest BCUT2D eigenvalue weighted by atomic mass is 15.3. The van der Waals surface area contributed by atoms with Crippen molar-refractivity contribution in [2.24, 2.45) is 5.92 Å². The van der Waals surface area contributed by atoms with Gasteiger partial charge in [0.05, 0.1) is 11.4 Å². The molecule has 2 fully saturated rings. The molecule has 4 heteroatoms. The Hall–Kier alpha value is -1.26. The van der Waals surface area contributed by atoms with E-state index in [4.69, 9.17) is 0 Å². The van der Waals surface area contributed by atoms with Gasteiger partial charge in [0, 0.05) is 58.4 Å². The first-order chi connectivity index (χ1) is 11.7. The highest BCUT2D eigenvalue weighted by Crippen LogP contribution is 2.37. The molecule has 3 aliphatic rings. The van der Waals surface area contributed by atoms with Gasteiger partial charge in [-0.3, -0.25) is 4.90 Å². The smallest absolute Gasteiger partial charge is 0.0605 e. The predicted octanol–water partition coefficient (Wildman–Crippen LogP) is 2.36. The molecule has 0 aromatic heterocycles. The van der Waals surface area contributed by atoms with Crippen molar-refractivity contribution in [1.29, 1.82) is 0 Å². The molecule has 1 aromatic carbocycles. The number of benzene rings is 1. The van der Waals surface area contributed by atoms with Crippen molar-refractivity contribution in [2.45, 2.75) is 25.8 Å². The molecule has 2 aliphatic heterocycles. The van der Waals surface area contributed by atoms with E-state index in [2.05, 4.69) is 57.8 Å². The average molecular weight is 329 g/mol. The number of hydrogen-bond donors (Lipinski definition) is 0. The van der Waals surface area contributed by atoms with E-state index in [0.29, 0.717) is 6.04 Å². The second-order valence-corrected chi connectivity index (χ2v) is 8.01. The van der Waals surface area contributed by atoms with Crippen molar-refractivity contribution in [1.82, 2.24) is 9.80 Å². The maximum absolute atomic E-state index is 2.67. The summed E-state index contributed by atoms with van der Waals surface area (Å²) < 4.78 is 0. The fraction of sp³-hybridized carbons (Fsp3) is 0.700. The maximum Gasteiger partial charge on any atom is 0.0605 e. The fourth-order valence-corrected chi connectivity index (χ4v) is 4.17. The van der Waals surface area contributed by atoms with Crippen LogP contribution in [0.2, 0.25) is 0 Å². The predicted molar refractivity (Wildman–Crippen MR) is 102 cm³/mol. The van der Waals surface area contributed by atoms with Crippen molar-refractivity contribution in [2.75, 3.05) is 69.2 Å². The molecule has 4 rings (SSSR count). The van der Waals surface area contributed by atoms with Crippen LogP contribution in [-0.4, -0.2) is 75.2 Å². The summed E-state index contributed by atoms with van der Waals surface area (Å²) in [5.74, 6) is 0.953. The van der Waals surface area contributed by atoms with Crippen molar-refractivity contribution in [3.8, 4) is 0 Å².